The van der Waals surface area contributed by atoms with Crippen molar-refractivity contribution in [1.29, 1.82) is 5.26 Å². The molecule has 3 nitrogen and oxygen atoms in total. The predicted octanol–water partition coefficient (Wildman–Crippen LogP) is 2.87. The Morgan fingerprint density at radius 1 is 1.44 bits per heavy atom. The van der Waals surface area contributed by atoms with Gasteiger partial charge in [0.2, 0.25) is 0 Å². The van der Waals surface area contributed by atoms with Crippen LogP contribution in [0.15, 0.2) is 18.2 Å². The minimum absolute atomic E-state index is 0.346. The van der Waals surface area contributed by atoms with Crippen molar-refractivity contribution in [3.8, 4) is 6.07 Å². The van der Waals surface area contributed by atoms with Gasteiger partial charge in [0.05, 0.1) is 17.7 Å². The minimum Gasteiger partial charge on any atom is -0.376 e. The number of nitrogens with zero attached hydrogens (tertiary/aromatic N) is 2. The second-order valence-electron chi connectivity index (χ2n) is 4.98. The molecule has 3 heteroatoms. The van der Waals surface area contributed by atoms with Crippen LogP contribution in [-0.2, 0) is 4.74 Å². The van der Waals surface area contributed by atoms with Crippen LogP contribution in [0.1, 0.15) is 30.4 Å². The highest BCUT2D eigenvalue weighted by molar-refractivity contribution is 5.55. The summed E-state index contributed by atoms with van der Waals surface area (Å²) in [7, 11) is 2.09. The average molecular weight is 244 g/mol. The molecule has 1 aliphatic rings. The Labute approximate surface area is 109 Å². The van der Waals surface area contributed by atoms with Crippen LogP contribution in [0.2, 0.25) is 0 Å². The van der Waals surface area contributed by atoms with Gasteiger partial charge in [0.25, 0.3) is 0 Å². The molecule has 18 heavy (non-hydrogen) atoms. The molecule has 0 amide bonds. The van der Waals surface area contributed by atoms with Crippen molar-refractivity contribution in [2.45, 2.75) is 32.3 Å². The summed E-state index contributed by atoms with van der Waals surface area (Å²) in [5.41, 5.74) is 3.05. The first kappa shape index (κ1) is 12.9. The maximum absolute atomic E-state index is 8.87. The number of aryl methyl sites for hydroxylation is 1. The number of likely N-dealkylation sites (N-methyl/N-ethyl adjacent to an activating group) is 1. The summed E-state index contributed by atoms with van der Waals surface area (Å²) in [6.45, 7) is 3.87. The second kappa shape index (κ2) is 5.88. The molecule has 1 aromatic rings. The van der Waals surface area contributed by atoms with E-state index in [1.165, 1.54) is 18.5 Å². The van der Waals surface area contributed by atoms with E-state index < -0.39 is 0 Å². The smallest absolute Gasteiger partial charge is 0.0991 e. The molecule has 1 aromatic carbocycles. The van der Waals surface area contributed by atoms with Crippen molar-refractivity contribution >= 4 is 5.69 Å². The maximum atomic E-state index is 8.87. The molecule has 0 radical (unpaired) electrons. The molecule has 1 unspecified atom stereocenters. The van der Waals surface area contributed by atoms with Crippen molar-refractivity contribution in [1.82, 2.24) is 0 Å². The molecule has 0 bridgehead atoms. The van der Waals surface area contributed by atoms with Gasteiger partial charge in [0.1, 0.15) is 0 Å². The van der Waals surface area contributed by atoms with Gasteiger partial charge in [-0.3, -0.25) is 0 Å². The molecule has 1 heterocycles. The van der Waals surface area contributed by atoms with E-state index in [-0.39, 0.29) is 0 Å². The summed E-state index contributed by atoms with van der Waals surface area (Å²) in [6.07, 6.45) is 3.96. The van der Waals surface area contributed by atoms with Crippen molar-refractivity contribution in [3.05, 3.63) is 29.3 Å². The van der Waals surface area contributed by atoms with Crippen LogP contribution in [0.25, 0.3) is 0 Å². The Kier molecular flexibility index (Phi) is 4.22. The quantitative estimate of drug-likeness (QED) is 0.820. The monoisotopic (exact) mass is 244 g/mol. The Bertz CT molecular complexity index is 444. The molecule has 1 fully saturated rings. The van der Waals surface area contributed by atoms with Crippen LogP contribution in [-0.4, -0.2) is 26.3 Å². The van der Waals surface area contributed by atoms with E-state index in [2.05, 4.69) is 24.9 Å². The van der Waals surface area contributed by atoms with E-state index in [9.17, 15) is 0 Å². The zero-order chi connectivity index (χ0) is 13.0. The van der Waals surface area contributed by atoms with Gasteiger partial charge in [-0.15, -0.1) is 0 Å². The first-order chi connectivity index (χ1) is 8.70. The van der Waals surface area contributed by atoms with Crippen molar-refractivity contribution in [3.63, 3.8) is 0 Å². The van der Waals surface area contributed by atoms with E-state index in [1.54, 1.807) is 0 Å². The lowest BCUT2D eigenvalue weighted by Gasteiger charge is -2.29. The molecule has 0 spiro atoms. The van der Waals surface area contributed by atoms with Gasteiger partial charge in [-0.05, 0) is 49.9 Å². The van der Waals surface area contributed by atoms with Gasteiger partial charge in [-0.2, -0.15) is 5.26 Å². The van der Waals surface area contributed by atoms with Crippen molar-refractivity contribution < 1.29 is 4.74 Å². The van der Waals surface area contributed by atoms with Crippen LogP contribution in [0.4, 0.5) is 5.69 Å². The van der Waals surface area contributed by atoms with E-state index >= 15 is 0 Å². The lowest BCUT2D eigenvalue weighted by molar-refractivity contribution is 0.0216. The number of rotatable bonds is 3. The van der Waals surface area contributed by atoms with Gasteiger partial charge in [0, 0.05) is 25.9 Å². The topological polar surface area (TPSA) is 36.3 Å². The summed E-state index contributed by atoms with van der Waals surface area (Å²) in [6, 6.07) is 8.01. The van der Waals surface area contributed by atoms with Crippen LogP contribution < -0.4 is 4.90 Å². The summed E-state index contributed by atoms with van der Waals surface area (Å²) < 4.78 is 5.76. The zero-order valence-corrected chi connectivity index (χ0v) is 11.1. The van der Waals surface area contributed by atoms with E-state index in [0.29, 0.717) is 6.10 Å². The SMILES string of the molecule is Cc1cc(C#N)ccc1N(C)CC1CCCCO1. The molecule has 0 saturated carbocycles. The second-order valence-corrected chi connectivity index (χ2v) is 4.98. The lowest BCUT2D eigenvalue weighted by atomic mass is 10.1. The molecule has 96 valence electrons. The highest BCUT2D eigenvalue weighted by Crippen LogP contribution is 2.22. The van der Waals surface area contributed by atoms with Crippen LogP contribution in [0, 0.1) is 18.3 Å². The van der Waals surface area contributed by atoms with Gasteiger partial charge < -0.3 is 9.64 Å². The lowest BCUT2D eigenvalue weighted by Crippen LogP contribution is -2.33. The molecule has 2 rings (SSSR count). The number of anilines is 1. The number of hydrogen-bond acceptors (Lipinski definition) is 3. The zero-order valence-electron chi connectivity index (χ0n) is 11.1. The standard InChI is InChI=1S/C15H20N2O/c1-12-9-13(10-16)6-7-15(12)17(2)11-14-5-3-4-8-18-14/h6-7,9,14H,3-5,8,11H2,1-2H3. The Morgan fingerprint density at radius 2 is 2.28 bits per heavy atom. The molecule has 1 aliphatic heterocycles. The molecule has 0 N–H and O–H groups in total. The van der Waals surface area contributed by atoms with E-state index in [4.69, 9.17) is 10.00 Å². The fourth-order valence-electron chi connectivity index (χ4n) is 2.51. The summed E-state index contributed by atoms with van der Waals surface area (Å²) in [4.78, 5) is 2.23. The summed E-state index contributed by atoms with van der Waals surface area (Å²) in [5, 5.41) is 8.87. The molecule has 0 aromatic heterocycles. The number of hydrogen-bond donors (Lipinski definition) is 0. The highest BCUT2D eigenvalue weighted by Gasteiger charge is 2.16. The van der Waals surface area contributed by atoms with Gasteiger partial charge in [-0.25, -0.2) is 0 Å². The third-order valence-corrected chi connectivity index (χ3v) is 3.49. The fraction of sp³-hybridized carbons (Fsp3) is 0.533. The van der Waals surface area contributed by atoms with Crippen molar-refractivity contribution in [2.75, 3.05) is 25.1 Å². The number of benzene rings is 1. The first-order valence-electron chi connectivity index (χ1n) is 6.54. The highest BCUT2D eigenvalue weighted by atomic mass is 16.5. The Balaban J connectivity index is 2.04. The Hall–Kier alpha value is -1.53. The molecule has 0 aliphatic carbocycles. The number of ether oxygens (including phenoxy) is 1. The first-order valence-corrected chi connectivity index (χ1v) is 6.54. The fourth-order valence-corrected chi connectivity index (χ4v) is 2.51. The predicted molar refractivity (Wildman–Crippen MR) is 72.8 cm³/mol. The Morgan fingerprint density at radius 3 is 2.89 bits per heavy atom. The summed E-state index contributed by atoms with van der Waals surface area (Å²) >= 11 is 0. The molecule has 1 saturated heterocycles. The normalized spacial score (nSPS) is 19.3. The van der Waals surface area contributed by atoms with E-state index in [0.717, 1.165) is 30.7 Å². The largest absolute Gasteiger partial charge is 0.376 e. The minimum atomic E-state index is 0.346. The molecular formula is C15H20N2O. The summed E-state index contributed by atoms with van der Waals surface area (Å²) in [5.74, 6) is 0. The van der Waals surface area contributed by atoms with Gasteiger partial charge in [-0.1, -0.05) is 0 Å². The third kappa shape index (κ3) is 3.02. The maximum Gasteiger partial charge on any atom is 0.0991 e. The van der Waals surface area contributed by atoms with E-state index in [1.807, 2.05) is 18.2 Å². The van der Waals surface area contributed by atoms with Crippen molar-refractivity contribution in [2.24, 2.45) is 0 Å². The van der Waals surface area contributed by atoms with Crippen LogP contribution >= 0.6 is 0 Å². The molecule has 1 atom stereocenters. The van der Waals surface area contributed by atoms with Gasteiger partial charge >= 0.3 is 0 Å². The van der Waals surface area contributed by atoms with Gasteiger partial charge in [0.15, 0.2) is 0 Å². The average Bonchev–Trinajstić information content (AvgIpc) is 2.39. The molecular weight excluding hydrogens is 224 g/mol. The van der Waals surface area contributed by atoms with Crippen LogP contribution in [0.5, 0.6) is 0 Å². The third-order valence-electron chi connectivity index (χ3n) is 3.49. The van der Waals surface area contributed by atoms with Crippen LogP contribution in [0.3, 0.4) is 0 Å². The number of nitriles is 1.